The summed E-state index contributed by atoms with van der Waals surface area (Å²) in [7, 11) is 0. The van der Waals surface area contributed by atoms with E-state index in [1.807, 2.05) is 17.9 Å². The normalized spacial score (nSPS) is 22.0. The Labute approximate surface area is 205 Å². The third kappa shape index (κ3) is 5.69. The van der Waals surface area contributed by atoms with Crippen molar-refractivity contribution in [1.29, 1.82) is 0 Å². The molecule has 4 rings (SSSR count). The van der Waals surface area contributed by atoms with Gasteiger partial charge in [0.1, 0.15) is 11.3 Å². The summed E-state index contributed by atoms with van der Waals surface area (Å²) in [6, 6.07) is 5.13. The van der Waals surface area contributed by atoms with Gasteiger partial charge in [-0.2, -0.15) is 0 Å². The molecule has 8 heteroatoms. The van der Waals surface area contributed by atoms with Crippen molar-refractivity contribution in [2.24, 2.45) is 5.92 Å². The lowest BCUT2D eigenvalue weighted by atomic mass is 9.71. The van der Waals surface area contributed by atoms with Gasteiger partial charge in [0, 0.05) is 49.0 Å². The highest BCUT2D eigenvalue weighted by Crippen LogP contribution is 2.39. The van der Waals surface area contributed by atoms with Gasteiger partial charge in [0.25, 0.3) is 5.91 Å². The molecule has 2 heterocycles. The van der Waals surface area contributed by atoms with Crippen LogP contribution < -0.4 is 15.7 Å². The van der Waals surface area contributed by atoms with E-state index < -0.39 is 11.2 Å². The van der Waals surface area contributed by atoms with Crippen LogP contribution >= 0.6 is 0 Å². The molecule has 1 saturated carbocycles. The zero-order chi connectivity index (χ0) is 25.0. The second-order valence-electron chi connectivity index (χ2n) is 9.89. The second-order valence-corrected chi connectivity index (χ2v) is 9.89. The van der Waals surface area contributed by atoms with E-state index in [0.717, 1.165) is 36.6 Å². The number of hydrogen-bond acceptors (Lipinski definition) is 6. The highest BCUT2D eigenvalue weighted by molar-refractivity contribution is 5.85. The number of fused-ring (bicyclic) bond motifs is 2. The molecule has 1 aliphatic heterocycles. The molecule has 0 radical (unpaired) electrons. The Kier molecular flexibility index (Phi) is 7.79. The van der Waals surface area contributed by atoms with Crippen molar-refractivity contribution in [3.63, 3.8) is 0 Å². The maximum atomic E-state index is 12.6. The molecular formula is C27H36N2O6. The Bertz CT molecular complexity index is 1140. The Hall–Kier alpha value is -2.87. The second kappa shape index (κ2) is 10.8. The quantitative estimate of drug-likeness (QED) is 0.440. The zero-order valence-electron chi connectivity index (χ0n) is 20.7. The van der Waals surface area contributed by atoms with E-state index in [4.69, 9.17) is 9.15 Å². The number of likely N-dealkylation sites (tertiary alicyclic amines) is 1. The summed E-state index contributed by atoms with van der Waals surface area (Å²) in [6.45, 7) is 5.26. The lowest BCUT2D eigenvalue weighted by Gasteiger charge is -2.47. The van der Waals surface area contributed by atoms with Crippen LogP contribution in [0.3, 0.4) is 0 Å². The summed E-state index contributed by atoms with van der Waals surface area (Å²) < 4.78 is 11.1. The van der Waals surface area contributed by atoms with E-state index in [9.17, 15) is 19.5 Å². The standard InChI is InChI=1S/C27H36N2O6/c1-3-19-15-25(32)35-26-18(2)22(10-9-21(19)26)34-17-23(30)28-13-6-8-24(31)29-14-12-27(33)11-5-4-7-20(27)16-29/h9-10,15,20,33H,3-8,11-14,16-17H2,1-2H3,(H,28,30). The van der Waals surface area contributed by atoms with Crippen LogP contribution in [0.2, 0.25) is 0 Å². The van der Waals surface area contributed by atoms with Crippen molar-refractivity contribution < 1.29 is 23.8 Å². The molecule has 2 N–H and O–H groups in total. The van der Waals surface area contributed by atoms with E-state index >= 15 is 0 Å². The van der Waals surface area contributed by atoms with Crippen LogP contribution in [0.25, 0.3) is 11.0 Å². The van der Waals surface area contributed by atoms with E-state index in [1.165, 1.54) is 6.07 Å². The smallest absolute Gasteiger partial charge is 0.336 e. The van der Waals surface area contributed by atoms with Crippen LogP contribution in [0.5, 0.6) is 5.75 Å². The largest absolute Gasteiger partial charge is 0.483 e. The van der Waals surface area contributed by atoms with Crippen LogP contribution in [-0.2, 0) is 16.0 Å². The number of ether oxygens (including phenoxy) is 1. The molecule has 8 nitrogen and oxygen atoms in total. The van der Waals surface area contributed by atoms with Gasteiger partial charge in [0.2, 0.25) is 5.91 Å². The average Bonchev–Trinajstić information content (AvgIpc) is 2.85. The monoisotopic (exact) mass is 484 g/mol. The van der Waals surface area contributed by atoms with Gasteiger partial charge in [-0.25, -0.2) is 4.79 Å². The minimum absolute atomic E-state index is 0.0860. The number of carbonyl (C=O) groups is 2. The molecule has 2 unspecified atom stereocenters. The number of amides is 2. The third-order valence-corrected chi connectivity index (χ3v) is 7.61. The first-order valence-electron chi connectivity index (χ1n) is 12.8. The van der Waals surface area contributed by atoms with Crippen LogP contribution in [0, 0.1) is 12.8 Å². The predicted molar refractivity (Wildman–Crippen MR) is 132 cm³/mol. The third-order valence-electron chi connectivity index (χ3n) is 7.61. The summed E-state index contributed by atoms with van der Waals surface area (Å²) in [5.41, 5.74) is 1.09. The van der Waals surface area contributed by atoms with Gasteiger partial charge in [-0.3, -0.25) is 9.59 Å². The molecule has 2 aliphatic rings. The number of benzene rings is 1. The number of nitrogens with one attached hydrogen (secondary N) is 1. The summed E-state index contributed by atoms with van der Waals surface area (Å²) in [5.74, 6) is 0.492. The number of aryl methyl sites for hydroxylation is 2. The molecule has 2 fully saturated rings. The van der Waals surface area contributed by atoms with Gasteiger partial charge in [0.15, 0.2) is 6.61 Å². The molecule has 2 atom stereocenters. The highest BCUT2D eigenvalue weighted by Gasteiger charge is 2.43. The summed E-state index contributed by atoms with van der Waals surface area (Å²) >= 11 is 0. The molecule has 0 spiro atoms. The van der Waals surface area contributed by atoms with Crippen molar-refractivity contribution in [2.75, 3.05) is 26.2 Å². The van der Waals surface area contributed by atoms with Crippen LogP contribution in [0.15, 0.2) is 27.4 Å². The van der Waals surface area contributed by atoms with Gasteiger partial charge < -0.3 is 24.5 Å². The molecular weight excluding hydrogens is 448 g/mol. The van der Waals surface area contributed by atoms with Gasteiger partial charge >= 0.3 is 5.63 Å². The van der Waals surface area contributed by atoms with E-state index in [2.05, 4.69) is 5.32 Å². The first-order chi connectivity index (χ1) is 16.8. The minimum Gasteiger partial charge on any atom is -0.483 e. The fourth-order valence-electron chi connectivity index (χ4n) is 5.47. The van der Waals surface area contributed by atoms with Crippen molar-refractivity contribution in [2.45, 2.75) is 70.8 Å². The highest BCUT2D eigenvalue weighted by atomic mass is 16.5. The Morgan fingerprint density at radius 2 is 2.11 bits per heavy atom. The molecule has 190 valence electrons. The molecule has 1 aliphatic carbocycles. The van der Waals surface area contributed by atoms with Crippen molar-refractivity contribution in [3.8, 4) is 5.75 Å². The average molecular weight is 485 g/mol. The molecule has 1 aromatic heterocycles. The molecule has 2 amide bonds. The van der Waals surface area contributed by atoms with Crippen molar-refractivity contribution in [3.05, 3.63) is 39.7 Å². The van der Waals surface area contributed by atoms with Gasteiger partial charge in [-0.15, -0.1) is 0 Å². The SMILES string of the molecule is CCc1cc(=O)oc2c(C)c(OCC(=O)NCCCC(=O)N3CCC4(O)CCCCC4C3)ccc12. The number of nitrogens with zero attached hydrogens (tertiary/aromatic N) is 1. The maximum absolute atomic E-state index is 12.6. The number of carbonyl (C=O) groups excluding carboxylic acids is 2. The van der Waals surface area contributed by atoms with Crippen molar-refractivity contribution >= 4 is 22.8 Å². The Morgan fingerprint density at radius 1 is 1.29 bits per heavy atom. The fourth-order valence-corrected chi connectivity index (χ4v) is 5.47. The van der Waals surface area contributed by atoms with E-state index in [0.29, 0.717) is 62.2 Å². The molecule has 1 aromatic carbocycles. The lowest BCUT2D eigenvalue weighted by molar-refractivity contribution is -0.143. The van der Waals surface area contributed by atoms with E-state index in [1.54, 1.807) is 13.0 Å². The number of rotatable bonds is 8. The maximum Gasteiger partial charge on any atom is 0.336 e. The van der Waals surface area contributed by atoms with Gasteiger partial charge in [0.05, 0.1) is 5.60 Å². The summed E-state index contributed by atoms with van der Waals surface area (Å²) in [6.07, 6.45) is 6.32. The van der Waals surface area contributed by atoms with Gasteiger partial charge in [-0.1, -0.05) is 19.8 Å². The molecule has 35 heavy (non-hydrogen) atoms. The predicted octanol–water partition coefficient (Wildman–Crippen LogP) is 3.09. The molecule has 2 aromatic rings. The Morgan fingerprint density at radius 3 is 2.91 bits per heavy atom. The number of aliphatic hydroxyl groups is 1. The number of piperidine rings is 1. The summed E-state index contributed by atoms with van der Waals surface area (Å²) in [5, 5.41) is 14.5. The zero-order valence-corrected chi connectivity index (χ0v) is 20.7. The molecule has 1 saturated heterocycles. The van der Waals surface area contributed by atoms with Crippen LogP contribution in [0.4, 0.5) is 0 Å². The number of hydrogen-bond donors (Lipinski definition) is 2. The first kappa shape index (κ1) is 25.2. The first-order valence-corrected chi connectivity index (χ1v) is 12.8. The molecule has 0 bridgehead atoms. The Balaban J connectivity index is 1.21. The van der Waals surface area contributed by atoms with Crippen LogP contribution in [0.1, 0.15) is 63.0 Å². The topological polar surface area (TPSA) is 109 Å². The fraction of sp³-hybridized carbons (Fsp3) is 0.593. The summed E-state index contributed by atoms with van der Waals surface area (Å²) in [4.78, 5) is 38.6. The minimum atomic E-state index is -0.587. The lowest BCUT2D eigenvalue weighted by Crippen LogP contribution is -2.54. The van der Waals surface area contributed by atoms with Gasteiger partial charge in [-0.05, 0) is 56.7 Å². The van der Waals surface area contributed by atoms with Crippen LogP contribution in [-0.4, -0.2) is 53.7 Å². The van der Waals surface area contributed by atoms with E-state index in [-0.39, 0.29) is 24.3 Å². The van der Waals surface area contributed by atoms with Crippen molar-refractivity contribution in [1.82, 2.24) is 10.2 Å².